The first-order chi connectivity index (χ1) is 12.3. The smallest absolute Gasteiger partial charge is 0.404 e. The predicted molar refractivity (Wildman–Crippen MR) is 97.9 cm³/mol. The van der Waals surface area contributed by atoms with Crippen LogP contribution in [0.25, 0.3) is 0 Å². The van der Waals surface area contributed by atoms with Crippen LogP contribution in [-0.4, -0.2) is 20.0 Å². The second-order valence-electron chi connectivity index (χ2n) is 6.07. The third-order valence-electron chi connectivity index (χ3n) is 4.60. The number of carbonyl (C=O) groups excluding carboxylic acids is 1. The summed E-state index contributed by atoms with van der Waals surface area (Å²) in [6.45, 7) is 0.388. The molecule has 0 atom stereocenters. The van der Waals surface area contributed by atoms with E-state index < -0.39 is 12.7 Å². The van der Waals surface area contributed by atoms with Crippen molar-refractivity contribution in [2.75, 3.05) is 6.61 Å². The second kappa shape index (κ2) is 6.67. The highest BCUT2D eigenvalue weighted by Gasteiger charge is 2.47. The maximum absolute atomic E-state index is 11.4. The van der Waals surface area contributed by atoms with E-state index in [1.807, 2.05) is 78.9 Å². The summed E-state index contributed by atoms with van der Waals surface area (Å²) >= 11 is 0. The molecule has 0 spiro atoms. The second-order valence-corrected chi connectivity index (χ2v) is 6.07. The maximum Gasteiger partial charge on any atom is 0.495 e. The van der Waals surface area contributed by atoms with Crippen LogP contribution in [0.15, 0.2) is 84.9 Å². The Balaban J connectivity index is 1.78. The molecule has 1 aliphatic rings. The van der Waals surface area contributed by atoms with Crippen LogP contribution in [-0.2, 0) is 14.9 Å². The highest BCUT2D eigenvalue weighted by atomic mass is 16.7. The molecule has 3 nitrogen and oxygen atoms in total. The lowest BCUT2D eigenvalue weighted by molar-refractivity contribution is 0.112. The SMILES string of the molecule is O=Cc1ccccc1B1OCC(c2ccccc2)(c2ccccc2)O1. The summed E-state index contributed by atoms with van der Waals surface area (Å²) in [5, 5.41) is 0. The number of carbonyl (C=O) groups is 1. The highest BCUT2D eigenvalue weighted by Crippen LogP contribution is 2.38. The zero-order chi connectivity index (χ0) is 17.1. The lowest BCUT2D eigenvalue weighted by Gasteiger charge is -2.29. The first-order valence-electron chi connectivity index (χ1n) is 8.28. The Hall–Kier alpha value is -2.69. The number of benzene rings is 3. The average Bonchev–Trinajstić information content (AvgIpc) is 3.16. The molecule has 3 aromatic rings. The zero-order valence-corrected chi connectivity index (χ0v) is 13.7. The van der Waals surface area contributed by atoms with Gasteiger partial charge >= 0.3 is 7.12 Å². The van der Waals surface area contributed by atoms with E-state index in [0.717, 1.165) is 22.9 Å². The summed E-state index contributed by atoms with van der Waals surface area (Å²) in [6.07, 6.45) is 0.840. The van der Waals surface area contributed by atoms with Crippen LogP contribution in [0, 0.1) is 0 Å². The third-order valence-corrected chi connectivity index (χ3v) is 4.60. The van der Waals surface area contributed by atoms with E-state index in [1.54, 1.807) is 6.07 Å². The Morgan fingerprint density at radius 1 is 0.800 bits per heavy atom. The number of rotatable bonds is 4. The van der Waals surface area contributed by atoms with Crippen LogP contribution in [0.1, 0.15) is 21.5 Å². The fourth-order valence-electron chi connectivity index (χ4n) is 3.31. The third kappa shape index (κ3) is 2.80. The summed E-state index contributed by atoms with van der Waals surface area (Å²) in [4.78, 5) is 11.4. The molecule has 0 aliphatic carbocycles. The van der Waals surface area contributed by atoms with Gasteiger partial charge in [-0.25, -0.2) is 0 Å². The van der Waals surface area contributed by atoms with Crippen molar-refractivity contribution in [1.29, 1.82) is 0 Å². The lowest BCUT2D eigenvalue weighted by Crippen LogP contribution is -2.38. The Bertz CT molecular complexity index is 825. The van der Waals surface area contributed by atoms with Crippen LogP contribution in [0.3, 0.4) is 0 Å². The van der Waals surface area contributed by atoms with Gasteiger partial charge < -0.3 is 9.31 Å². The maximum atomic E-state index is 11.4. The van der Waals surface area contributed by atoms with Gasteiger partial charge in [0.1, 0.15) is 11.9 Å². The van der Waals surface area contributed by atoms with Gasteiger partial charge in [0.25, 0.3) is 0 Å². The molecule has 0 N–H and O–H groups in total. The molecule has 4 heteroatoms. The molecular formula is C21H17BO3. The van der Waals surface area contributed by atoms with Crippen LogP contribution in [0.4, 0.5) is 0 Å². The Labute approximate surface area is 147 Å². The van der Waals surface area contributed by atoms with Crippen molar-refractivity contribution in [3.05, 3.63) is 102 Å². The van der Waals surface area contributed by atoms with Gasteiger partial charge in [0, 0.05) is 5.56 Å². The van der Waals surface area contributed by atoms with Crippen molar-refractivity contribution in [1.82, 2.24) is 0 Å². The molecule has 0 radical (unpaired) electrons. The molecule has 3 aromatic carbocycles. The molecule has 1 saturated heterocycles. The van der Waals surface area contributed by atoms with E-state index in [1.165, 1.54) is 0 Å². The van der Waals surface area contributed by atoms with E-state index >= 15 is 0 Å². The van der Waals surface area contributed by atoms with E-state index in [-0.39, 0.29) is 0 Å². The van der Waals surface area contributed by atoms with Crippen LogP contribution >= 0.6 is 0 Å². The largest absolute Gasteiger partial charge is 0.495 e. The van der Waals surface area contributed by atoms with Gasteiger partial charge in [0.15, 0.2) is 0 Å². The van der Waals surface area contributed by atoms with Crippen LogP contribution < -0.4 is 5.46 Å². The van der Waals surface area contributed by atoms with Crippen molar-refractivity contribution in [3.63, 3.8) is 0 Å². The molecule has 1 aliphatic heterocycles. The monoisotopic (exact) mass is 328 g/mol. The molecule has 0 unspecified atom stereocenters. The van der Waals surface area contributed by atoms with E-state index in [0.29, 0.717) is 12.2 Å². The molecule has 0 bridgehead atoms. The molecule has 25 heavy (non-hydrogen) atoms. The van der Waals surface area contributed by atoms with Crippen molar-refractivity contribution in [2.24, 2.45) is 0 Å². The topological polar surface area (TPSA) is 35.5 Å². The summed E-state index contributed by atoms with van der Waals surface area (Å²) in [5.74, 6) is 0. The molecule has 1 heterocycles. The minimum atomic E-state index is -0.691. The summed E-state index contributed by atoms with van der Waals surface area (Å²) < 4.78 is 12.5. The number of hydrogen-bond donors (Lipinski definition) is 0. The van der Waals surface area contributed by atoms with Crippen molar-refractivity contribution < 1.29 is 14.1 Å². The minimum Gasteiger partial charge on any atom is -0.404 e. The molecular weight excluding hydrogens is 311 g/mol. The van der Waals surface area contributed by atoms with Gasteiger partial charge in [-0.05, 0) is 16.6 Å². The van der Waals surface area contributed by atoms with E-state index in [9.17, 15) is 4.79 Å². The Morgan fingerprint density at radius 3 is 1.96 bits per heavy atom. The van der Waals surface area contributed by atoms with Gasteiger partial charge in [-0.15, -0.1) is 0 Å². The molecule has 0 amide bonds. The molecule has 122 valence electrons. The zero-order valence-electron chi connectivity index (χ0n) is 13.7. The molecule has 4 rings (SSSR count). The van der Waals surface area contributed by atoms with Crippen molar-refractivity contribution in [3.8, 4) is 0 Å². The number of hydrogen-bond acceptors (Lipinski definition) is 3. The van der Waals surface area contributed by atoms with Gasteiger partial charge in [0.05, 0.1) is 6.61 Å². The van der Waals surface area contributed by atoms with Gasteiger partial charge in [-0.3, -0.25) is 4.79 Å². The van der Waals surface area contributed by atoms with Crippen molar-refractivity contribution >= 4 is 18.9 Å². The van der Waals surface area contributed by atoms with Crippen LogP contribution in [0.2, 0.25) is 0 Å². The average molecular weight is 328 g/mol. The van der Waals surface area contributed by atoms with Gasteiger partial charge in [0.2, 0.25) is 0 Å². The minimum absolute atomic E-state index is 0.388. The first-order valence-corrected chi connectivity index (χ1v) is 8.28. The highest BCUT2D eigenvalue weighted by molar-refractivity contribution is 6.63. The fraction of sp³-hybridized carbons (Fsp3) is 0.0952. The standard InChI is InChI=1S/C21H17BO3/c23-15-17-9-7-8-14-20(17)22-24-16-21(25-22,18-10-3-1-4-11-18)19-12-5-2-6-13-19/h1-15H,16H2. The van der Waals surface area contributed by atoms with Crippen molar-refractivity contribution in [2.45, 2.75) is 5.60 Å². The Morgan fingerprint density at radius 2 is 1.36 bits per heavy atom. The van der Waals surface area contributed by atoms with E-state index in [4.69, 9.17) is 9.31 Å². The molecule has 1 fully saturated rings. The van der Waals surface area contributed by atoms with E-state index in [2.05, 4.69) is 0 Å². The molecule has 0 aromatic heterocycles. The lowest BCUT2D eigenvalue weighted by atomic mass is 9.76. The summed E-state index contributed by atoms with van der Waals surface area (Å²) in [7, 11) is -0.582. The summed E-state index contributed by atoms with van der Waals surface area (Å²) in [5.41, 5.74) is 2.72. The summed E-state index contributed by atoms with van der Waals surface area (Å²) in [6, 6.07) is 27.5. The normalized spacial score (nSPS) is 15.9. The molecule has 0 saturated carbocycles. The van der Waals surface area contributed by atoms with Gasteiger partial charge in [-0.2, -0.15) is 0 Å². The van der Waals surface area contributed by atoms with Gasteiger partial charge in [-0.1, -0.05) is 84.9 Å². The predicted octanol–water partition coefficient (Wildman–Crippen LogP) is 3.18. The Kier molecular flexibility index (Phi) is 4.22. The fourth-order valence-corrected chi connectivity index (χ4v) is 3.31. The first kappa shape index (κ1) is 15.8. The van der Waals surface area contributed by atoms with Crippen LogP contribution in [0.5, 0.6) is 0 Å². The quantitative estimate of drug-likeness (QED) is 0.545. The number of aldehydes is 1.